The van der Waals surface area contributed by atoms with Crippen LogP contribution in [-0.4, -0.2) is 0 Å². The number of rotatable bonds is 4. The van der Waals surface area contributed by atoms with Crippen molar-refractivity contribution in [3.8, 4) is 0 Å². The number of aryl methyl sites for hydroxylation is 1. The first-order chi connectivity index (χ1) is 8.20. The summed E-state index contributed by atoms with van der Waals surface area (Å²) in [7, 11) is 0. The molecule has 17 heavy (non-hydrogen) atoms. The molecule has 3 nitrogen and oxygen atoms in total. The van der Waals surface area contributed by atoms with Gasteiger partial charge in [-0.2, -0.15) is 0 Å². The van der Waals surface area contributed by atoms with Crippen LogP contribution in [0, 0.1) is 6.92 Å². The molecule has 0 bridgehead atoms. The van der Waals surface area contributed by atoms with Crippen molar-refractivity contribution in [2.75, 3.05) is 0 Å². The third-order valence-electron chi connectivity index (χ3n) is 2.72. The van der Waals surface area contributed by atoms with E-state index in [2.05, 4.69) is 5.43 Å². The minimum absolute atomic E-state index is 0.0470. The molecule has 1 aromatic carbocycles. The van der Waals surface area contributed by atoms with Gasteiger partial charge in [0.05, 0.1) is 12.3 Å². The van der Waals surface area contributed by atoms with Gasteiger partial charge in [-0.05, 0) is 36.2 Å². The topological polar surface area (TPSA) is 51.2 Å². The predicted octanol–water partition coefficient (Wildman–Crippen LogP) is 2.99. The summed E-state index contributed by atoms with van der Waals surface area (Å²) in [5.41, 5.74) is 4.89. The summed E-state index contributed by atoms with van der Waals surface area (Å²) in [4.78, 5) is 0. The second-order valence-corrected chi connectivity index (χ2v) is 4.43. The Morgan fingerprint density at radius 2 is 2.24 bits per heavy atom. The lowest BCUT2D eigenvalue weighted by Crippen LogP contribution is -2.29. The number of furan rings is 1. The minimum Gasteiger partial charge on any atom is -0.469 e. The maximum atomic E-state index is 6.22. The molecule has 0 amide bonds. The quantitative estimate of drug-likeness (QED) is 0.648. The molecule has 90 valence electrons. The van der Waals surface area contributed by atoms with Crippen molar-refractivity contribution in [2.45, 2.75) is 19.4 Å². The normalized spacial score (nSPS) is 12.6. The van der Waals surface area contributed by atoms with Crippen LogP contribution >= 0.6 is 11.6 Å². The summed E-state index contributed by atoms with van der Waals surface area (Å²) in [6.07, 6.45) is 2.33. The van der Waals surface area contributed by atoms with Gasteiger partial charge in [-0.3, -0.25) is 11.3 Å². The molecule has 0 radical (unpaired) electrons. The van der Waals surface area contributed by atoms with E-state index in [0.29, 0.717) is 6.42 Å². The summed E-state index contributed by atoms with van der Waals surface area (Å²) >= 11 is 6.22. The first-order valence-electron chi connectivity index (χ1n) is 5.45. The molecule has 4 heteroatoms. The van der Waals surface area contributed by atoms with E-state index in [9.17, 15) is 0 Å². The number of hydrazine groups is 1. The zero-order valence-electron chi connectivity index (χ0n) is 9.61. The van der Waals surface area contributed by atoms with Gasteiger partial charge in [0.25, 0.3) is 0 Å². The smallest absolute Gasteiger partial charge is 0.105 e. The summed E-state index contributed by atoms with van der Waals surface area (Å²) in [6, 6.07) is 9.68. The summed E-state index contributed by atoms with van der Waals surface area (Å²) in [5.74, 6) is 6.46. The lowest BCUT2D eigenvalue weighted by molar-refractivity contribution is 0.455. The van der Waals surface area contributed by atoms with Gasteiger partial charge in [0.1, 0.15) is 5.76 Å². The van der Waals surface area contributed by atoms with Crippen molar-refractivity contribution >= 4 is 11.6 Å². The van der Waals surface area contributed by atoms with Crippen LogP contribution in [0.25, 0.3) is 0 Å². The van der Waals surface area contributed by atoms with Gasteiger partial charge >= 0.3 is 0 Å². The molecule has 2 rings (SSSR count). The first-order valence-corrected chi connectivity index (χ1v) is 5.83. The molecule has 0 fully saturated rings. The molecule has 0 aliphatic rings. The molecule has 2 aromatic rings. The largest absolute Gasteiger partial charge is 0.469 e. The molecule has 1 atom stereocenters. The van der Waals surface area contributed by atoms with Crippen LogP contribution in [0.1, 0.15) is 22.9 Å². The van der Waals surface area contributed by atoms with Crippen molar-refractivity contribution in [3.05, 3.63) is 58.5 Å². The van der Waals surface area contributed by atoms with Crippen LogP contribution in [0.4, 0.5) is 0 Å². The van der Waals surface area contributed by atoms with Gasteiger partial charge in [0.15, 0.2) is 0 Å². The second-order valence-electron chi connectivity index (χ2n) is 4.03. The Morgan fingerprint density at radius 3 is 2.82 bits per heavy atom. The number of halogens is 1. The third-order valence-corrected chi connectivity index (χ3v) is 3.05. The Hall–Kier alpha value is -1.29. The number of hydrogen-bond acceptors (Lipinski definition) is 3. The fourth-order valence-corrected chi connectivity index (χ4v) is 2.17. The highest BCUT2D eigenvalue weighted by atomic mass is 35.5. The van der Waals surface area contributed by atoms with Gasteiger partial charge in [-0.1, -0.05) is 23.7 Å². The Labute approximate surface area is 106 Å². The number of nitrogens with one attached hydrogen (secondary N) is 1. The van der Waals surface area contributed by atoms with Crippen LogP contribution < -0.4 is 11.3 Å². The maximum absolute atomic E-state index is 6.22. The summed E-state index contributed by atoms with van der Waals surface area (Å²) in [6.45, 7) is 2.01. The minimum atomic E-state index is -0.0470. The van der Waals surface area contributed by atoms with E-state index in [0.717, 1.165) is 21.9 Å². The average Bonchev–Trinajstić information content (AvgIpc) is 2.79. The van der Waals surface area contributed by atoms with Crippen molar-refractivity contribution < 1.29 is 4.42 Å². The lowest BCUT2D eigenvalue weighted by atomic mass is 10.0. The van der Waals surface area contributed by atoms with E-state index >= 15 is 0 Å². The van der Waals surface area contributed by atoms with Gasteiger partial charge in [-0.15, -0.1) is 0 Å². The number of benzene rings is 1. The molecule has 1 heterocycles. The maximum Gasteiger partial charge on any atom is 0.105 e. The molecular weight excluding hydrogens is 236 g/mol. The Morgan fingerprint density at radius 1 is 1.41 bits per heavy atom. The highest BCUT2D eigenvalue weighted by Gasteiger charge is 2.15. The van der Waals surface area contributed by atoms with Crippen LogP contribution in [-0.2, 0) is 6.42 Å². The van der Waals surface area contributed by atoms with E-state index in [4.69, 9.17) is 21.9 Å². The molecule has 0 saturated heterocycles. The number of nitrogens with two attached hydrogens (primary N) is 1. The molecule has 1 aromatic heterocycles. The fraction of sp³-hybridized carbons (Fsp3) is 0.231. The lowest BCUT2D eigenvalue weighted by Gasteiger charge is -2.16. The van der Waals surface area contributed by atoms with Crippen molar-refractivity contribution in [3.63, 3.8) is 0 Å². The highest BCUT2D eigenvalue weighted by molar-refractivity contribution is 6.31. The third kappa shape index (κ3) is 2.88. The molecular formula is C13H15ClN2O. The molecule has 0 aliphatic heterocycles. The summed E-state index contributed by atoms with van der Waals surface area (Å²) < 4.78 is 5.31. The van der Waals surface area contributed by atoms with E-state index in [1.165, 1.54) is 0 Å². The van der Waals surface area contributed by atoms with Crippen LogP contribution in [0.15, 0.2) is 41.0 Å². The average molecular weight is 251 g/mol. The van der Waals surface area contributed by atoms with Crippen LogP contribution in [0.3, 0.4) is 0 Å². The van der Waals surface area contributed by atoms with Crippen molar-refractivity contribution in [2.24, 2.45) is 5.84 Å². The first kappa shape index (κ1) is 12.2. The predicted molar refractivity (Wildman–Crippen MR) is 68.7 cm³/mol. The van der Waals surface area contributed by atoms with E-state index in [1.807, 2.05) is 37.3 Å². The van der Waals surface area contributed by atoms with Gasteiger partial charge in [0, 0.05) is 11.4 Å². The zero-order chi connectivity index (χ0) is 12.3. The Bertz CT molecular complexity index is 482. The van der Waals surface area contributed by atoms with Crippen molar-refractivity contribution in [1.82, 2.24) is 5.43 Å². The fourth-order valence-electron chi connectivity index (χ4n) is 1.80. The van der Waals surface area contributed by atoms with Crippen LogP contribution in [0.2, 0.25) is 5.02 Å². The van der Waals surface area contributed by atoms with E-state index in [-0.39, 0.29) is 6.04 Å². The Balaban J connectivity index is 2.23. The van der Waals surface area contributed by atoms with Gasteiger partial charge in [0.2, 0.25) is 0 Å². The molecule has 1 unspecified atom stereocenters. The molecule has 0 spiro atoms. The van der Waals surface area contributed by atoms with Gasteiger partial charge < -0.3 is 4.42 Å². The van der Waals surface area contributed by atoms with Crippen molar-refractivity contribution in [1.29, 1.82) is 0 Å². The summed E-state index contributed by atoms with van der Waals surface area (Å²) in [5, 5.41) is 0.722. The van der Waals surface area contributed by atoms with Gasteiger partial charge in [-0.25, -0.2) is 0 Å². The van der Waals surface area contributed by atoms with E-state index < -0.39 is 0 Å². The van der Waals surface area contributed by atoms with E-state index in [1.54, 1.807) is 6.26 Å². The second kappa shape index (κ2) is 5.36. The molecule has 0 aliphatic carbocycles. The molecule has 3 N–H and O–H groups in total. The standard InChI is InChI=1S/C13H15ClN2O/c1-9-4-5-11(12(14)7-9)13(16-15)8-10-3-2-6-17-10/h2-7,13,16H,8,15H2,1H3. The zero-order valence-corrected chi connectivity index (χ0v) is 10.4. The van der Waals surface area contributed by atoms with Crippen LogP contribution in [0.5, 0.6) is 0 Å². The monoisotopic (exact) mass is 250 g/mol. The number of hydrogen-bond donors (Lipinski definition) is 2. The highest BCUT2D eigenvalue weighted by Crippen LogP contribution is 2.26. The molecule has 0 saturated carbocycles. The Kier molecular flexibility index (Phi) is 3.84. The SMILES string of the molecule is Cc1ccc(C(Cc2ccco2)NN)c(Cl)c1.